The molecule has 1 aliphatic heterocycles. The van der Waals surface area contributed by atoms with Crippen LogP contribution in [0, 0.1) is 0 Å². The molecule has 1 fully saturated rings. The molecule has 130 valence electrons. The lowest BCUT2D eigenvalue weighted by atomic mass is 10.1. The molecule has 25 heavy (non-hydrogen) atoms. The molecule has 1 unspecified atom stereocenters. The van der Waals surface area contributed by atoms with E-state index in [0.717, 1.165) is 30.6 Å². The zero-order valence-corrected chi connectivity index (χ0v) is 14.6. The summed E-state index contributed by atoms with van der Waals surface area (Å²) in [5.41, 5.74) is 0.273. The van der Waals surface area contributed by atoms with Gasteiger partial charge in [-0.25, -0.2) is 4.79 Å². The third-order valence-corrected chi connectivity index (χ3v) is 5.15. The van der Waals surface area contributed by atoms with Crippen LogP contribution in [0.1, 0.15) is 51.4 Å². The molecule has 6 heteroatoms. The summed E-state index contributed by atoms with van der Waals surface area (Å²) in [6.45, 7) is 0.664. The van der Waals surface area contributed by atoms with Crippen LogP contribution in [0.2, 0.25) is 0 Å². The van der Waals surface area contributed by atoms with E-state index in [1.54, 1.807) is 11.3 Å². The van der Waals surface area contributed by atoms with Gasteiger partial charge in [-0.1, -0.05) is 25.0 Å². The van der Waals surface area contributed by atoms with Crippen molar-refractivity contribution in [3.8, 4) is 0 Å². The summed E-state index contributed by atoms with van der Waals surface area (Å²) in [4.78, 5) is 31.2. The number of hydrogen-bond acceptors (Lipinski definition) is 4. The van der Waals surface area contributed by atoms with Gasteiger partial charge in [0.15, 0.2) is 0 Å². The fraction of sp³-hybridized carbons (Fsp3) is 0.316. The lowest BCUT2D eigenvalue weighted by Crippen LogP contribution is -2.39. The van der Waals surface area contributed by atoms with Crippen LogP contribution in [0.15, 0.2) is 41.9 Å². The third kappa shape index (κ3) is 4.33. The van der Waals surface area contributed by atoms with E-state index >= 15 is 0 Å². The molecule has 0 radical (unpaired) electrons. The maximum absolute atomic E-state index is 12.9. The minimum Gasteiger partial charge on any atom is -0.478 e. The zero-order valence-electron chi connectivity index (χ0n) is 13.8. The highest BCUT2D eigenvalue weighted by atomic mass is 32.1. The van der Waals surface area contributed by atoms with Crippen LogP contribution in [0.4, 0.5) is 0 Å². The second-order valence-corrected chi connectivity index (χ2v) is 7.00. The first-order chi connectivity index (χ1) is 12.1. The van der Waals surface area contributed by atoms with Crippen LogP contribution < -0.4 is 0 Å². The van der Waals surface area contributed by atoms with Crippen LogP contribution in [0.5, 0.6) is 0 Å². The average molecular weight is 356 g/mol. The zero-order chi connectivity index (χ0) is 17.6. The number of hydrogen-bond donors (Lipinski definition) is 1. The van der Waals surface area contributed by atoms with Crippen LogP contribution >= 0.6 is 11.3 Å². The molecule has 1 atom stereocenters. The second-order valence-electron chi connectivity index (χ2n) is 6.02. The van der Waals surface area contributed by atoms with Crippen molar-refractivity contribution >= 4 is 29.3 Å². The Balaban J connectivity index is 1.84. The molecule has 2 aromatic rings. The Morgan fingerprint density at radius 1 is 1.28 bits per heavy atom. The highest BCUT2D eigenvalue weighted by molar-refractivity contribution is 7.10. The van der Waals surface area contributed by atoms with Crippen LogP contribution in [-0.2, 0) is 0 Å². The minimum absolute atomic E-state index is 0.00684. The van der Waals surface area contributed by atoms with Gasteiger partial charge in [-0.3, -0.25) is 9.78 Å². The van der Waals surface area contributed by atoms with Gasteiger partial charge in [0.2, 0.25) is 0 Å². The van der Waals surface area contributed by atoms with E-state index in [-0.39, 0.29) is 23.2 Å². The predicted molar refractivity (Wildman–Crippen MR) is 97.8 cm³/mol. The van der Waals surface area contributed by atoms with E-state index in [1.165, 1.54) is 18.3 Å². The number of carbonyl (C=O) groups excluding carboxylic acids is 1. The van der Waals surface area contributed by atoms with Gasteiger partial charge in [0.1, 0.15) is 5.69 Å². The second kappa shape index (κ2) is 8.07. The predicted octanol–water partition coefficient (Wildman–Crippen LogP) is 3.94. The molecule has 0 bridgehead atoms. The van der Waals surface area contributed by atoms with Crippen LogP contribution in [-0.4, -0.2) is 39.5 Å². The first kappa shape index (κ1) is 17.4. The molecule has 3 heterocycles. The normalized spacial score (nSPS) is 18.2. The molecule has 3 rings (SSSR count). The summed E-state index contributed by atoms with van der Waals surface area (Å²) < 4.78 is 0. The largest absolute Gasteiger partial charge is 0.478 e. The van der Waals surface area contributed by atoms with Crippen molar-refractivity contribution in [2.75, 3.05) is 6.54 Å². The molecule has 1 aliphatic rings. The Labute approximate surface area is 150 Å². The maximum atomic E-state index is 12.9. The molecule has 2 aromatic heterocycles. The molecular weight excluding hydrogens is 336 g/mol. The number of aromatic nitrogens is 1. The molecule has 1 amide bonds. The lowest BCUT2D eigenvalue weighted by molar-refractivity contribution is 0.0696. The Kier molecular flexibility index (Phi) is 5.60. The topological polar surface area (TPSA) is 70.5 Å². The highest BCUT2D eigenvalue weighted by Gasteiger charge is 2.26. The number of likely N-dealkylation sites (tertiary alicyclic amines) is 1. The number of carbonyl (C=O) groups is 2. The fourth-order valence-electron chi connectivity index (χ4n) is 3.01. The lowest BCUT2D eigenvalue weighted by Gasteiger charge is -2.27. The van der Waals surface area contributed by atoms with Crippen molar-refractivity contribution in [3.05, 3.63) is 58.1 Å². The number of pyridine rings is 1. The van der Waals surface area contributed by atoms with E-state index in [1.807, 2.05) is 22.4 Å². The van der Waals surface area contributed by atoms with Crippen LogP contribution in [0.25, 0.3) is 6.08 Å². The Morgan fingerprint density at radius 2 is 2.16 bits per heavy atom. The minimum atomic E-state index is -1.05. The van der Waals surface area contributed by atoms with Gasteiger partial charge < -0.3 is 10.0 Å². The molecule has 0 saturated carbocycles. The van der Waals surface area contributed by atoms with Crippen LogP contribution in [0.3, 0.4) is 0 Å². The Bertz CT molecular complexity index is 771. The number of rotatable bonds is 4. The van der Waals surface area contributed by atoms with Crippen molar-refractivity contribution in [2.45, 2.75) is 31.7 Å². The molecule has 0 aromatic carbocycles. The summed E-state index contributed by atoms with van der Waals surface area (Å²) in [7, 11) is 0. The van der Waals surface area contributed by atoms with Gasteiger partial charge >= 0.3 is 5.97 Å². The van der Waals surface area contributed by atoms with E-state index < -0.39 is 5.97 Å². The van der Waals surface area contributed by atoms with E-state index in [4.69, 9.17) is 5.11 Å². The first-order valence-corrected chi connectivity index (χ1v) is 9.25. The molecule has 0 spiro atoms. The number of amides is 1. The van der Waals surface area contributed by atoms with Gasteiger partial charge in [-0.2, -0.15) is 0 Å². The summed E-state index contributed by atoms with van der Waals surface area (Å²) in [6.07, 6.45) is 9.55. The summed E-state index contributed by atoms with van der Waals surface area (Å²) >= 11 is 1.66. The SMILES string of the molecule is O=C(O)c1ccnc(C(=O)N2CCCCCC2/C=C/c2cccs2)c1. The molecule has 1 N–H and O–H groups in total. The third-order valence-electron chi connectivity index (χ3n) is 4.31. The van der Waals surface area contributed by atoms with E-state index in [9.17, 15) is 9.59 Å². The van der Waals surface area contributed by atoms with Crippen molar-refractivity contribution in [2.24, 2.45) is 0 Å². The van der Waals surface area contributed by atoms with Gasteiger partial charge in [-0.15, -0.1) is 11.3 Å². The first-order valence-electron chi connectivity index (χ1n) is 8.37. The highest BCUT2D eigenvalue weighted by Crippen LogP contribution is 2.22. The molecule has 1 saturated heterocycles. The summed E-state index contributed by atoms with van der Waals surface area (Å²) in [6, 6.07) is 6.81. The number of thiophene rings is 1. The Hall–Kier alpha value is -2.47. The number of carboxylic acid groups (broad SMARTS) is 1. The van der Waals surface area contributed by atoms with Crippen molar-refractivity contribution in [1.29, 1.82) is 0 Å². The standard InChI is InChI=1S/C19H20N2O3S/c22-18(17-13-14(19(23)24)9-10-20-17)21-11-3-1-2-5-15(21)7-8-16-6-4-12-25-16/h4,6-10,12-13,15H,1-3,5,11H2,(H,23,24)/b8-7+. The number of aromatic carboxylic acids is 1. The molecule has 5 nitrogen and oxygen atoms in total. The van der Waals surface area contributed by atoms with Gasteiger partial charge in [0, 0.05) is 17.6 Å². The molecule has 0 aliphatic carbocycles. The van der Waals surface area contributed by atoms with Gasteiger partial charge in [0.05, 0.1) is 11.6 Å². The van der Waals surface area contributed by atoms with E-state index in [0.29, 0.717) is 6.54 Å². The van der Waals surface area contributed by atoms with Crippen molar-refractivity contribution in [1.82, 2.24) is 9.88 Å². The number of carboxylic acids is 1. The summed E-state index contributed by atoms with van der Waals surface area (Å²) in [5.74, 6) is -1.26. The van der Waals surface area contributed by atoms with Crippen molar-refractivity contribution < 1.29 is 14.7 Å². The maximum Gasteiger partial charge on any atom is 0.335 e. The monoisotopic (exact) mass is 356 g/mol. The number of nitrogens with zero attached hydrogens (tertiary/aromatic N) is 2. The smallest absolute Gasteiger partial charge is 0.335 e. The van der Waals surface area contributed by atoms with E-state index in [2.05, 4.69) is 17.1 Å². The molecular formula is C19H20N2O3S. The Morgan fingerprint density at radius 3 is 2.92 bits per heavy atom. The average Bonchev–Trinajstić information content (AvgIpc) is 3.04. The van der Waals surface area contributed by atoms with Gasteiger partial charge in [0.25, 0.3) is 5.91 Å². The quantitative estimate of drug-likeness (QED) is 0.901. The van der Waals surface area contributed by atoms with Gasteiger partial charge in [-0.05, 0) is 42.5 Å². The summed E-state index contributed by atoms with van der Waals surface area (Å²) in [5, 5.41) is 11.2. The fourth-order valence-corrected chi connectivity index (χ4v) is 3.63. The van der Waals surface area contributed by atoms with Crippen molar-refractivity contribution in [3.63, 3.8) is 0 Å².